The number of carbonyl (C=O) groups is 1. The standard InChI is InChI=1S/C16H21FO3/c1-11-3-6-13(7-4-11)20-10-15(18)14-9-12(17)5-8-16(14)19-2/h5,8-9,11,13H,3-4,6-7,10H2,1-2H3. The SMILES string of the molecule is COc1ccc(F)cc1C(=O)COC1CCC(C)CC1. The topological polar surface area (TPSA) is 35.5 Å². The summed E-state index contributed by atoms with van der Waals surface area (Å²) in [5.41, 5.74) is 0.247. The van der Waals surface area contributed by atoms with Crippen LogP contribution in [0.25, 0.3) is 0 Å². The van der Waals surface area contributed by atoms with E-state index in [2.05, 4.69) is 6.92 Å². The molecule has 0 aromatic heterocycles. The Labute approximate surface area is 119 Å². The van der Waals surface area contributed by atoms with E-state index in [-0.39, 0.29) is 24.1 Å². The van der Waals surface area contributed by atoms with Crippen LogP contribution in [0.3, 0.4) is 0 Å². The van der Waals surface area contributed by atoms with Crippen LogP contribution in [-0.2, 0) is 4.74 Å². The molecule has 0 saturated heterocycles. The molecule has 0 bridgehead atoms. The third kappa shape index (κ3) is 3.79. The van der Waals surface area contributed by atoms with E-state index in [0.717, 1.165) is 31.6 Å². The van der Waals surface area contributed by atoms with Crippen molar-refractivity contribution in [1.29, 1.82) is 0 Å². The zero-order valence-corrected chi connectivity index (χ0v) is 12.0. The monoisotopic (exact) mass is 280 g/mol. The Kier molecular flexibility index (Phi) is 5.12. The van der Waals surface area contributed by atoms with Crippen LogP contribution in [-0.4, -0.2) is 25.6 Å². The second-order valence-corrected chi connectivity index (χ2v) is 5.46. The van der Waals surface area contributed by atoms with E-state index >= 15 is 0 Å². The summed E-state index contributed by atoms with van der Waals surface area (Å²) in [6, 6.07) is 3.94. The number of halogens is 1. The third-order valence-corrected chi connectivity index (χ3v) is 3.87. The Bertz CT molecular complexity index is 465. The summed E-state index contributed by atoms with van der Waals surface area (Å²) in [6.07, 6.45) is 4.42. The van der Waals surface area contributed by atoms with Crippen molar-refractivity contribution in [3.63, 3.8) is 0 Å². The number of methoxy groups -OCH3 is 1. The molecule has 4 heteroatoms. The summed E-state index contributed by atoms with van der Waals surface area (Å²) < 4.78 is 24.0. The molecular weight excluding hydrogens is 259 g/mol. The van der Waals surface area contributed by atoms with Gasteiger partial charge in [-0.1, -0.05) is 6.92 Å². The number of Topliss-reactive ketones (excluding diaryl/α,β-unsaturated/α-hetero) is 1. The first-order valence-electron chi connectivity index (χ1n) is 7.08. The number of rotatable bonds is 5. The van der Waals surface area contributed by atoms with Gasteiger partial charge in [0.05, 0.1) is 18.8 Å². The number of carbonyl (C=O) groups excluding carboxylic acids is 1. The van der Waals surface area contributed by atoms with Gasteiger partial charge in [-0.3, -0.25) is 4.79 Å². The zero-order chi connectivity index (χ0) is 14.5. The van der Waals surface area contributed by atoms with Gasteiger partial charge in [0.1, 0.15) is 18.2 Å². The van der Waals surface area contributed by atoms with Gasteiger partial charge in [-0.15, -0.1) is 0 Å². The van der Waals surface area contributed by atoms with Gasteiger partial charge in [0.15, 0.2) is 5.78 Å². The number of hydrogen-bond donors (Lipinski definition) is 0. The van der Waals surface area contributed by atoms with Crippen LogP contribution in [0.5, 0.6) is 5.75 Å². The van der Waals surface area contributed by atoms with Crippen molar-refractivity contribution in [3.05, 3.63) is 29.6 Å². The molecule has 0 spiro atoms. The van der Waals surface area contributed by atoms with Crippen LogP contribution < -0.4 is 4.74 Å². The van der Waals surface area contributed by atoms with E-state index in [1.54, 1.807) is 0 Å². The quantitative estimate of drug-likeness (QED) is 0.773. The second-order valence-electron chi connectivity index (χ2n) is 5.46. The van der Waals surface area contributed by atoms with E-state index in [1.165, 1.54) is 25.3 Å². The highest BCUT2D eigenvalue weighted by atomic mass is 19.1. The molecule has 20 heavy (non-hydrogen) atoms. The minimum atomic E-state index is -0.444. The van der Waals surface area contributed by atoms with Gasteiger partial charge in [-0.2, -0.15) is 0 Å². The molecule has 1 aliphatic rings. The van der Waals surface area contributed by atoms with Gasteiger partial charge >= 0.3 is 0 Å². The molecule has 0 aliphatic heterocycles. The highest BCUT2D eigenvalue weighted by Gasteiger charge is 2.21. The van der Waals surface area contributed by atoms with Crippen molar-refractivity contribution in [2.75, 3.05) is 13.7 Å². The molecule has 1 aromatic carbocycles. The Morgan fingerprint density at radius 2 is 2.00 bits per heavy atom. The van der Waals surface area contributed by atoms with Gasteiger partial charge in [0.25, 0.3) is 0 Å². The molecular formula is C16H21FO3. The van der Waals surface area contributed by atoms with E-state index in [0.29, 0.717) is 5.75 Å². The zero-order valence-electron chi connectivity index (χ0n) is 12.0. The van der Waals surface area contributed by atoms with Crippen LogP contribution in [0.1, 0.15) is 43.0 Å². The maximum atomic E-state index is 13.2. The van der Waals surface area contributed by atoms with E-state index in [4.69, 9.17) is 9.47 Å². The van der Waals surface area contributed by atoms with Crippen molar-refractivity contribution in [2.45, 2.75) is 38.7 Å². The lowest BCUT2D eigenvalue weighted by atomic mass is 9.89. The molecule has 0 N–H and O–H groups in total. The predicted molar refractivity (Wildman–Crippen MR) is 74.7 cm³/mol. The molecule has 1 aliphatic carbocycles. The summed E-state index contributed by atoms with van der Waals surface area (Å²) in [6.45, 7) is 2.22. The molecule has 0 unspecified atom stereocenters. The Balaban J connectivity index is 1.93. The average Bonchev–Trinajstić information content (AvgIpc) is 2.46. The third-order valence-electron chi connectivity index (χ3n) is 3.87. The maximum Gasteiger partial charge on any atom is 0.192 e. The lowest BCUT2D eigenvalue weighted by Crippen LogP contribution is -2.23. The predicted octanol–water partition coefficient (Wildman–Crippen LogP) is 3.61. The maximum absolute atomic E-state index is 13.2. The van der Waals surface area contributed by atoms with Gasteiger partial charge in [-0.05, 0) is 49.8 Å². The molecule has 1 aromatic rings. The fourth-order valence-corrected chi connectivity index (χ4v) is 2.57. The molecule has 1 saturated carbocycles. The number of benzene rings is 1. The summed E-state index contributed by atoms with van der Waals surface area (Å²) in [5, 5.41) is 0. The lowest BCUT2D eigenvalue weighted by Gasteiger charge is -2.26. The van der Waals surface area contributed by atoms with Crippen molar-refractivity contribution < 1.29 is 18.7 Å². The molecule has 1 fully saturated rings. The lowest BCUT2D eigenvalue weighted by molar-refractivity contribution is 0.0216. The van der Waals surface area contributed by atoms with Crippen LogP contribution >= 0.6 is 0 Å². The molecule has 3 nitrogen and oxygen atoms in total. The van der Waals surface area contributed by atoms with Gasteiger partial charge in [0.2, 0.25) is 0 Å². The fraction of sp³-hybridized carbons (Fsp3) is 0.562. The molecule has 2 rings (SSSR count). The normalized spacial score (nSPS) is 22.6. The van der Waals surface area contributed by atoms with Crippen molar-refractivity contribution in [1.82, 2.24) is 0 Å². The van der Waals surface area contributed by atoms with Gasteiger partial charge in [0, 0.05) is 0 Å². The Morgan fingerprint density at radius 1 is 1.30 bits per heavy atom. The van der Waals surface area contributed by atoms with Crippen molar-refractivity contribution in [3.8, 4) is 5.75 Å². The number of hydrogen-bond acceptors (Lipinski definition) is 3. The summed E-state index contributed by atoms with van der Waals surface area (Å²) in [7, 11) is 1.47. The molecule has 0 atom stereocenters. The summed E-state index contributed by atoms with van der Waals surface area (Å²) in [5.74, 6) is 0.451. The highest BCUT2D eigenvalue weighted by molar-refractivity contribution is 5.99. The Morgan fingerprint density at radius 3 is 2.65 bits per heavy atom. The van der Waals surface area contributed by atoms with Gasteiger partial charge < -0.3 is 9.47 Å². The first-order valence-corrected chi connectivity index (χ1v) is 7.08. The fourth-order valence-electron chi connectivity index (χ4n) is 2.57. The average molecular weight is 280 g/mol. The molecule has 0 heterocycles. The largest absolute Gasteiger partial charge is 0.496 e. The summed E-state index contributed by atoms with van der Waals surface area (Å²) in [4.78, 5) is 12.1. The van der Waals surface area contributed by atoms with E-state index in [9.17, 15) is 9.18 Å². The van der Waals surface area contributed by atoms with Crippen LogP contribution in [0.4, 0.5) is 4.39 Å². The molecule has 110 valence electrons. The highest BCUT2D eigenvalue weighted by Crippen LogP contribution is 2.26. The molecule has 0 radical (unpaired) electrons. The first-order chi connectivity index (χ1) is 9.60. The van der Waals surface area contributed by atoms with E-state index < -0.39 is 5.82 Å². The summed E-state index contributed by atoms with van der Waals surface area (Å²) >= 11 is 0. The van der Waals surface area contributed by atoms with Crippen molar-refractivity contribution in [2.24, 2.45) is 5.92 Å². The molecule has 0 amide bonds. The first kappa shape index (κ1) is 15.0. The number of ketones is 1. The van der Waals surface area contributed by atoms with E-state index in [1.807, 2.05) is 0 Å². The second kappa shape index (κ2) is 6.84. The van der Waals surface area contributed by atoms with Crippen molar-refractivity contribution >= 4 is 5.78 Å². The number of ether oxygens (including phenoxy) is 2. The van der Waals surface area contributed by atoms with Gasteiger partial charge in [-0.25, -0.2) is 4.39 Å². The minimum Gasteiger partial charge on any atom is -0.496 e. The Hall–Kier alpha value is -1.42. The minimum absolute atomic E-state index is 0.0150. The van der Waals surface area contributed by atoms with Crippen LogP contribution in [0.2, 0.25) is 0 Å². The van der Waals surface area contributed by atoms with Crippen LogP contribution in [0, 0.1) is 11.7 Å². The van der Waals surface area contributed by atoms with Crippen LogP contribution in [0.15, 0.2) is 18.2 Å². The smallest absolute Gasteiger partial charge is 0.192 e.